The van der Waals surface area contributed by atoms with Crippen LogP contribution < -0.4 is 10.2 Å². The summed E-state index contributed by atoms with van der Waals surface area (Å²) in [6.07, 6.45) is 2.24. The van der Waals surface area contributed by atoms with Crippen molar-refractivity contribution >= 4 is 17.4 Å². The maximum atomic E-state index is 14.4. The molecule has 0 amide bonds. The molecular weight excluding hydrogens is 271 g/mol. The van der Waals surface area contributed by atoms with Crippen molar-refractivity contribution in [3.63, 3.8) is 0 Å². The smallest absolute Gasteiger partial charge is 0.146 e. The van der Waals surface area contributed by atoms with Gasteiger partial charge >= 0.3 is 0 Å². The Morgan fingerprint density at radius 1 is 1.50 bits per heavy atom. The van der Waals surface area contributed by atoms with E-state index >= 15 is 0 Å². The molecule has 0 saturated carbocycles. The van der Waals surface area contributed by atoms with Gasteiger partial charge in [-0.1, -0.05) is 13.0 Å². The third-order valence-electron chi connectivity index (χ3n) is 4.01. The molecular formula is C16H25FN2S. The lowest BCUT2D eigenvalue weighted by atomic mass is 10.1. The van der Waals surface area contributed by atoms with E-state index in [0.717, 1.165) is 36.4 Å². The lowest BCUT2D eigenvalue weighted by Gasteiger charge is -2.27. The van der Waals surface area contributed by atoms with Gasteiger partial charge in [-0.15, -0.1) is 0 Å². The molecule has 1 saturated heterocycles. The van der Waals surface area contributed by atoms with Gasteiger partial charge in [0.2, 0.25) is 0 Å². The molecule has 2 unspecified atom stereocenters. The number of rotatable bonds is 6. The normalized spacial score (nSPS) is 20.1. The lowest BCUT2D eigenvalue weighted by molar-refractivity contribution is 0.560. The van der Waals surface area contributed by atoms with E-state index in [4.69, 9.17) is 0 Å². The third kappa shape index (κ3) is 3.67. The second-order valence-electron chi connectivity index (χ2n) is 5.51. The summed E-state index contributed by atoms with van der Waals surface area (Å²) in [5.74, 6) is 2.19. The Bertz CT molecular complexity index is 432. The molecule has 0 bridgehead atoms. The Morgan fingerprint density at radius 3 is 2.90 bits per heavy atom. The number of benzene rings is 1. The van der Waals surface area contributed by atoms with Crippen LogP contribution in [-0.2, 0) is 0 Å². The van der Waals surface area contributed by atoms with Crippen LogP contribution in [0.3, 0.4) is 0 Å². The second-order valence-corrected chi connectivity index (χ2v) is 6.66. The van der Waals surface area contributed by atoms with Crippen molar-refractivity contribution in [3.8, 4) is 0 Å². The van der Waals surface area contributed by atoms with Crippen LogP contribution in [0.2, 0.25) is 0 Å². The van der Waals surface area contributed by atoms with E-state index in [-0.39, 0.29) is 11.9 Å². The number of thioether (sulfide) groups is 1. The largest absolute Gasteiger partial charge is 0.368 e. The summed E-state index contributed by atoms with van der Waals surface area (Å²) in [4.78, 5) is 2.10. The number of hydrogen-bond acceptors (Lipinski definition) is 3. The summed E-state index contributed by atoms with van der Waals surface area (Å²) in [5, 5.41) is 3.40. The molecule has 20 heavy (non-hydrogen) atoms. The van der Waals surface area contributed by atoms with E-state index < -0.39 is 0 Å². The monoisotopic (exact) mass is 296 g/mol. The molecule has 0 aliphatic carbocycles. The topological polar surface area (TPSA) is 15.3 Å². The highest BCUT2D eigenvalue weighted by atomic mass is 32.2. The fourth-order valence-electron chi connectivity index (χ4n) is 2.58. The summed E-state index contributed by atoms with van der Waals surface area (Å²) in [5.41, 5.74) is 1.75. The maximum absolute atomic E-state index is 14.4. The van der Waals surface area contributed by atoms with Gasteiger partial charge in [-0.05, 0) is 49.8 Å². The Kier molecular flexibility index (Phi) is 5.73. The predicted molar refractivity (Wildman–Crippen MR) is 87.2 cm³/mol. The summed E-state index contributed by atoms with van der Waals surface area (Å²) >= 11 is 1.95. The molecule has 2 nitrogen and oxygen atoms in total. The average Bonchev–Trinajstić information content (AvgIpc) is 2.98. The molecule has 1 aromatic carbocycles. The van der Waals surface area contributed by atoms with Gasteiger partial charge in [0.1, 0.15) is 5.82 Å². The minimum absolute atomic E-state index is 0.105. The van der Waals surface area contributed by atoms with Crippen LogP contribution >= 0.6 is 11.8 Å². The van der Waals surface area contributed by atoms with Crippen LogP contribution in [0.15, 0.2) is 18.2 Å². The molecule has 0 radical (unpaired) electrons. The molecule has 1 heterocycles. The van der Waals surface area contributed by atoms with Gasteiger partial charge in [0.15, 0.2) is 0 Å². The minimum atomic E-state index is -0.105. The highest BCUT2D eigenvalue weighted by Gasteiger charge is 2.22. The molecule has 1 aliphatic heterocycles. The van der Waals surface area contributed by atoms with Gasteiger partial charge in [0.05, 0.1) is 5.69 Å². The molecule has 0 spiro atoms. The van der Waals surface area contributed by atoms with Crippen LogP contribution in [0.5, 0.6) is 0 Å². The van der Waals surface area contributed by atoms with Gasteiger partial charge in [0, 0.05) is 24.9 Å². The van der Waals surface area contributed by atoms with Crippen molar-refractivity contribution in [2.45, 2.75) is 38.8 Å². The molecule has 1 fully saturated rings. The summed E-state index contributed by atoms with van der Waals surface area (Å²) < 4.78 is 14.4. The van der Waals surface area contributed by atoms with Crippen molar-refractivity contribution in [1.29, 1.82) is 0 Å². The summed E-state index contributed by atoms with van der Waals surface area (Å²) in [6, 6.07) is 6.32. The van der Waals surface area contributed by atoms with Gasteiger partial charge in [-0.2, -0.15) is 11.8 Å². The first-order valence-corrected chi connectivity index (χ1v) is 8.62. The van der Waals surface area contributed by atoms with E-state index in [1.54, 1.807) is 6.07 Å². The highest BCUT2D eigenvalue weighted by molar-refractivity contribution is 7.99. The molecule has 0 aromatic heterocycles. The highest BCUT2D eigenvalue weighted by Crippen LogP contribution is 2.29. The van der Waals surface area contributed by atoms with Crippen molar-refractivity contribution in [3.05, 3.63) is 29.6 Å². The van der Waals surface area contributed by atoms with Gasteiger partial charge < -0.3 is 10.2 Å². The van der Waals surface area contributed by atoms with Crippen LogP contribution in [0.4, 0.5) is 10.1 Å². The Labute approximate surface area is 126 Å². The van der Waals surface area contributed by atoms with Crippen LogP contribution in [0, 0.1) is 5.82 Å². The fourth-order valence-corrected chi connectivity index (χ4v) is 3.85. The van der Waals surface area contributed by atoms with Gasteiger partial charge in [0.25, 0.3) is 0 Å². The Morgan fingerprint density at radius 2 is 2.30 bits per heavy atom. The molecule has 2 atom stereocenters. The zero-order chi connectivity index (χ0) is 14.5. The maximum Gasteiger partial charge on any atom is 0.146 e. The number of hydrogen-bond donors (Lipinski definition) is 1. The van der Waals surface area contributed by atoms with Crippen molar-refractivity contribution in [2.75, 3.05) is 30.0 Å². The Hall–Kier alpha value is -0.740. The first kappa shape index (κ1) is 15.6. The number of anilines is 1. The van der Waals surface area contributed by atoms with Gasteiger partial charge in [-0.25, -0.2) is 4.39 Å². The van der Waals surface area contributed by atoms with E-state index in [2.05, 4.69) is 24.1 Å². The van der Waals surface area contributed by atoms with Crippen LogP contribution in [0.1, 0.15) is 38.3 Å². The molecule has 4 heteroatoms. The van der Waals surface area contributed by atoms with E-state index in [1.165, 1.54) is 5.75 Å². The van der Waals surface area contributed by atoms with Crippen LogP contribution in [-0.4, -0.2) is 31.1 Å². The van der Waals surface area contributed by atoms with E-state index in [9.17, 15) is 4.39 Å². The first-order chi connectivity index (χ1) is 9.63. The van der Waals surface area contributed by atoms with E-state index in [1.807, 2.05) is 30.9 Å². The minimum Gasteiger partial charge on any atom is -0.368 e. The average molecular weight is 296 g/mol. The van der Waals surface area contributed by atoms with Crippen molar-refractivity contribution < 1.29 is 4.39 Å². The van der Waals surface area contributed by atoms with Crippen molar-refractivity contribution in [1.82, 2.24) is 5.32 Å². The predicted octanol–water partition coefficient (Wildman–Crippen LogP) is 3.83. The fraction of sp³-hybridized carbons (Fsp3) is 0.625. The number of nitrogens with zero attached hydrogens (tertiary/aromatic N) is 1. The SMILES string of the molecule is CCCNC(C)c1ccc(N(C)C2CCSC2)c(F)c1. The first-order valence-electron chi connectivity index (χ1n) is 7.47. The standard InChI is InChI=1S/C16H25FN2S/c1-4-8-18-12(2)13-5-6-16(15(17)10-13)19(3)14-7-9-20-11-14/h5-6,10,12,14,18H,4,7-9,11H2,1-3H3. The Balaban J connectivity index is 2.08. The number of nitrogens with one attached hydrogen (secondary N) is 1. The molecule has 1 N–H and O–H groups in total. The molecule has 1 aliphatic rings. The van der Waals surface area contributed by atoms with E-state index in [0.29, 0.717) is 6.04 Å². The molecule has 1 aromatic rings. The number of halogens is 1. The second kappa shape index (κ2) is 7.32. The lowest BCUT2D eigenvalue weighted by Crippen LogP contribution is -2.32. The molecule has 112 valence electrons. The van der Waals surface area contributed by atoms with Crippen LogP contribution in [0.25, 0.3) is 0 Å². The van der Waals surface area contributed by atoms with Crippen molar-refractivity contribution in [2.24, 2.45) is 0 Å². The summed E-state index contributed by atoms with van der Waals surface area (Å²) in [7, 11) is 2.01. The summed E-state index contributed by atoms with van der Waals surface area (Å²) in [6.45, 7) is 5.18. The molecule has 2 rings (SSSR count). The van der Waals surface area contributed by atoms with Gasteiger partial charge in [-0.3, -0.25) is 0 Å². The zero-order valence-corrected chi connectivity index (χ0v) is 13.5. The third-order valence-corrected chi connectivity index (χ3v) is 5.15. The quantitative estimate of drug-likeness (QED) is 0.859. The zero-order valence-electron chi connectivity index (χ0n) is 12.7.